The molecule has 2 amide bonds. The van der Waals surface area contributed by atoms with Crippen LogP contribution < -0.4 is 15.4 Å². The quantitative estimate of drug-likeness (QED) is 0.837. The van der Waals surface area contributed by atoms with E-state index < -0.39 is 12.8 Å². The second-order valence-corrected chi connectivity index (χ2v) is 6.90. The van der Waals surface area contributed by atoms with E-state index in [0.717, 1.165) is 12.8 Å². The molecule has 0 radical (unpaired) electrons. The average molecular weight is 379 g/mol. The second-order valence-electron chi connectivity index (χ2n) is 6.90. The number of rotatable bonds is 5. The molecular formula is C19H20F3N3O2. The van der Waals surface area contributed by atoms with Crippen molar-refractivity contribution in [2.75, 3.05) is 6.61 Å². The Kier molecular flexibility index (Phi) is 5.25. The van der Waals surface area contributed by atoms with Gasteiger partial charge in [-0.05, 0) is 42.5 Å². The Balaban J connectivity index is 1.51. The molecule has 0 aliphatic heterocycles. The van der Waals surface area contributed by atoms with Gasteiger partial charge in [0.15, 0.2) is 6.61 Å². The zero-order valence-electron chi connectivity index (χ0n) is 14.8. The molecule has 0 unspecified atom stereocenters. The number of alkyl halides is 3. The predicted molar refractivity (Wildman–Crippen MR) is 93.4 cm³/mol. The highest BCUT2D eigenvalue weighted by Crippen LogP contribution is 2.29. The fourth-order valence-corrected chi connectivity index (χ4v) is 3.19. The molecule has 8 heteroatoms. The molecule has 1 aliphatic rings. The van der Waals surface area contributed by atoms with Gasteiger partial charge in [0.05, 0.1) is 0 Å². The van der Waals surface area contributed by atoms with Gasteiger partial charge < -0.3 is 15.4 Å². The Hall–Kier alpha value is -2.77. The van der Waals surface area contributed by atoms with Gasteiger partial charge >= 0.3 is 12.2 Å². The van der Waals surface area contributed by atoms with Crippen LogP contribution in [0.5, 0.6) is 5.88 Å². The van der Waals surface area contributed by atoms with Crippen LogP contribution in [0.3, 0.4) is 0 Å². The molecule has 0 atom stereocenters. The highest BCUT2D eigenvalue weighted by atomic mass is 19.4. The Morgan fingerprint density at radius 2 is 1.89 bits per heavy atom. The summed E-state index contributed by atoms with van der Waals surface area (Å²) in [4.78, 5) is 16.0. The third-order valence-electron chi connectivity index (χ3n) is 4.33. The molecule has 0 saturated carbocycles. The van der Waals surface area contributed by atoms with Crippen LogP contribution in [0.15, 0.2) is 42.6 Å². The number of nitrogens with zero attached hydrogens (tertiary/aromatic N) is 1. The van der Waals surface area contributed by atoms with Crippen molar-refractivity contribution < 1.29 is 22.7 Å². The summed E-state index contributed by atoms with van der Waals surface area (Å²) in [5.41, 5.74) is 2.67. The van der Waals surface area contributed by atoms with Crippen LogP contribution in [0, 0.1) is 0 Å². The van der Waals surface area contributed by atoms with E-state index >= 15 is 0 Å². The van der Waals surface area contributed by atoms with Crippen LogP contribution in [-0.2, 0) is 19.4 Å². The molecule has 1 aromatic heterocycles. The monoisotopic (exact) mass is 379 g/mol. The maximum Gasteiger partial charge on any atom is 0.422 e. The summed E-state index contributed by atoms with van der Waals surface area (Å²) in [6, 6.07) is 10.7. The maximum absolute atomic E-state index is 12.3. The van der Waals surface area contributed by atoms with Gasteiger partial charge in [-0.3, -0.25) is 0 Å². The topological polar surface area (TPSA) is 63.2 Å². The lowest BCUT2D eigenvalue weighted by atomic mass is 9.99. The zero-order valence-corrected chi connectivity index (χ0v) is 14.8. The minimum absolute atomic E-state index is 0.134. The van der Waals surface area contributed by atoms with Crippen LogP contribution in [-0.4, -0.2) is 29.3 Å². The fraction of sp³-hybridized carbons (Fsp3) is 0.368. The van der Waals surface area contributed by atoms with E-state index in [9.17, 15) is 18.0 Å². The van der Waals surface area contributed by atoms with Crippen molar-refractivity contribution >= 4 is 6.03 Å². The first-order valence-corrected chi connectivity index (χ1v) is 8.50. The summed E-state index contributed by atoms with van der Waals surface area (Å²) in [5.74, 6) is -0.134. The number of carbonyl (C=O) groups is 1. The number of nitrogens with one attached hydrogen (secondary N) is 2. The van der Waals surface area contributed by atoms with Crippen molar-refractivity contribution in [3.63, 3.8) is 0 Å². The van der Waals surface area contributed by atoms with E-state index in [1.54, 1.807) is 6.07 Å². The molecule has 2 N–H and O–H groups in total. The van der Waals surface area contributed by atoms with Gasteiger partial charge in [-0.1, -0.05) is 24.3 Å². The standard InChI is InChI=1S/C19H20F3N3O2/c1-18(9-14-4-2-3-5-15(14)10-18)25-17(26)24-11-13-6-7-23-16(8-13)27-12-19(20,21)22/h2-8H,9-12H2,1H3,(H2,24,25,26). The minimum atomic E-state index is -4.43. The van der Waals surface area contributed by atoms with E-state index in [4.69, 9.17) is 0 Å². The predicted octanol–water partition coefficient (Wildman–Crippen LogP) is 3.38. The van der Waals surface area contributed by atoms with Gasteiger partial charge in [0.2, 0.25) is 5.88 Å². The Bertz CT molecular complexity index is 799. The number of aromatic nitrogens is 1. The summed E-state index contributed by atoms with van der Waals surface area (Å²) in [5, 5.41) is 5.71. The molecule has 3 rings (SSSR count). The molecule has 0 fully saturated rings. The first-order chi connectivity index (χ1) is 12.7. The Labute approximate surface area is 154 Å². The van der Waals surface area contributed by atoms with Crippen molar-refractivity contribution in [3.05, 3.63) is 59.3 Å². The normalized spacial score (nSPS) is 15.1. The third kappa shape index (κ3) is 5.35. The van der Waals surface area contributed by atoms with Crippen LogP contribution in [0.1, 0.15) is 23.6 Å². The second kappa shape index (κ2) is 7.46. The summed E-state index contributed by atoms with van der Waals surface area (Å²) in [6.45, 7) is 0.734. The molecule has 2 aromatic rings. The molecule has 1 aromatic carbocycles. The molecule has 1 aliphatic carbocycles. The number of amides is 2. The van der Waals surface area contributed by atoms with Gasteiger partial charge in [0.1, 0.15) is 0 Å². The fourth-order valence-electron chi connectivity index (χ4n) is 3.19. The summed E-state index contributed by atoms with van der Waals surface area (Å²) >= 11 is 0. The van der Waals surface area contributed by atoms with Crippen LogP contribution in [0.4, 0.5) is 18.0 Å². The number of hydrogen-bond donors (Lipinski definition) is 2. The van der Waals surface area contributed by atoms with Gasteiger partial charge in [0, 0.05) is 24.3 Å². The largest absolute Gasteiger partial charge is 0.468 e. The summed E-state index contributed by atoms with van der Waals surface area (Å²) < 4.78 is 41.2. The van der Waals surface area contributed by atoms with E-state index in [2.05, 4.69) is 32.5 Å². The van der Waals surface area contributed by atoms with E-state index in [1.807, 2.05) is 19.1 Å². The number of carbonyl (C=O) groups excluding carboxylic acids is 1. The number of benzene rings is 1. The third-order valence-corrected chi connectivity index (χ3v) is 4.33. The van der Waals surface area contributed by atoms with Gasteiger partial charge in [-0.15, -0.1) is 0 Å². The smallest absolute Gasteiger partial charge is 0.422 e. The van der Waals surface area contributed by atoms with E-state index in [0.29, 0.717) is 5.56 Å². The number of ether oxygens (including phenoxy) is 1. The number of fused-ring (bicyclic) bond motifs is 1. The molecule has 1 heterocycles. The Morgan fingerprint density at radius 3 is 2.52 bits per heavy atom. The molecule has 0 saturated heterocycles. The SMILES string of the molecule is CC1(NC(=O)NCc2ccnc(OCC(F)(F)F)c2)Cc2ccccc2C1. The lowest BCUT2D eigenvalue weighted by Crippen LogP contribution is -2.50. The molecule has 27 heavy (non-hydrogen) atoms. The number of urea groups is 1. The van der Waals surface area contributed by atoms with Gasteiger partial charge in [-0.25, -0.2) is 9.78 Å². The number of halogens is 3. The summed E-state index contributed by atoms with van der Waals surface area (Å²) in [7, 11) is 0. The van der Waals surface area contributed by atoms with Crippen LogP contribution in [0.2, 0.25) is 0 Å². The van der Waals surface area contributed by atoms with Crippen molar-refractivity contribution in [3.8, 4) is 5.88 Å². The molecule has 0 bridgehead atoms. The number of pyridine rings is 1. The first kappa shape index (κ1) is 19.0. The Morgan fingerprint density at radius 1 is 1.22 bits per heavy atom. The van der Waals surface area contributed by atoms with Crippen molar-refractivity contribution in [1.82, 2.24) is 15.6 Å². The first-order valence-electron chi connectivity index (χ1n) is 8.50. The minimum Gasteiger partial charge on any atom is -0.468 e. The highest BCUT2D eigenvalue weighted by molar-refractivity contribution is 5.75. The highest BCUT2D eigenvalue weighted by Gasteiger charge is 2.33. The van der Waals surface area contributed by atoms with Gasteiger partial charge in [-0.2, -0.15) is 13.2 Å². The van der Waals surface area contributed by atoms with Crippen LogP contribution in [0.25, 0.3) is 0 Å². The van der Waals surface area contributed by atoms with E-state index in [-0.39, 0.29) is 24.0 Å². The van der Waals surface area contributed by atoms with Crippen molar-refractivity contribution in [2.45, 2.75) is 38.0 Å². The molecule has 144 valence electrons. The maximum atomic E-state index is 12.3. The van der Waals surface area contributed by atoms with Crippen molar-refractivity contribution in [2.24, 2.45) is 0 Å². The summed E-state index contributed by atoms with van der Waals surface area (Å²) in [6.07, 6.45) is -1.58. The lowest BCUT2D eigenvalue weighted by Gasteiger charge is -2.25. The molecular weight excluding hydrogens is 359 g/mol. The molecule has 0 spiro atoms. The molecule has 5 nitrogen and oxygen atoms in total. The number of hydrogen-bond acceptors (Lipinski definition) is 3. The average Bonchev–Trinajstić information content (AvgIpc) is 2.93. The van der Waals surface area contributed by atoms with E-state index in [1.165, 1.54) is 23.4 Å². The van der Waals surface area contributed by atoms with Crippen LogP contribution >= 0.6 is 0 Å². The van der Waals surface area contributed by atoms with Crippen molar-refractivity contribution in [1.29, 1.82) is 0 Å². The van der Waals surface area contributed by atoms with Gasteiger partial charge in [0.25, 0.3) is 0 Å². The lowest BCUT2D eigenvalue weighted by molar-refractivity contribution is -0.154. The zero-order chi connectivity index (χ0) is 19.5.